The second kappa shape index (κ2) is 7.09. The Balaban J connectivity index is 1.75. The van der Waals surface area contributed by atoms with E-state index in [0.29, 0.717) is 27.6 Å². The molecule has 3 aromatic rings. The molecule has 8 nitrogen and oxygen atoms in total. The van der Waals surface area contributed by atoms with Gasteiger partial charge in [0, 0.05) is 18.5 Å². The lowest BCUT2D eigenvalue weighted by Crippen LogP contribution is -1.83. The molecule has 0 aliphatic heterocycles. The fourth-order valence-electron chi connectivity index (χ4n) is 1.87. The van der Waals surface area contributed by atoms with Crippen molar-refractivity contribution < 1.29 is 9.84 Å². The van der Waals surface area contributed by atoms with Crippen LogP contribution in [0.4, 0.5) is 11.5 Å². The highest BCUT2D eigenvalue weighted by Crippen LogP contribution is 2.38. The highest BCUT2D eigenvalue weighted by molar-refractivity contribution is 9.10. The Bertz CT molecular complexity index is 886. The predicted molar refractivity (Wildman–Crippen MR) is 92.6 cm³/mol. The van der Waals surface area contributed by atoms with E-state index in [2.05, 4.69) is 46.1 Å². The van der Waals surface area contributed by atoms with Gasteiger partial charge in [-0.3, -0.25) is 0 Å². The number of phenols is 1. The molecule has 2 heterocycles. The number of phenolic OH excluding ortho intramolecular Hbond substituents is 1. The van der Waals surface area contributed by atoms with Crippen LogP contribution >= 0.6 is 15.9 Å². The van der Waals surface area contributed by atoms with Gasteiger partial charge in [-0.2, -0.15) is 0 Å². The fraction of sp³-hybridized carbons (Fsp3) is 0.0667. The Morgan fingerprint density at radius 3 is 2.79 bits per heavy atom. The molecule has 0 radical (unpaired) electrons. The number of nitrogens with zero attached hydrogens (tertiary/aromatic N) is 4. The Hall–Kier alpha value is -2.94. The number of nitrogens with one attached hydrogen (secondary N) is 2. The monoisotopic (exact) mass is 388 g/mol. The summed E-state index contributed by atoms with van der Waals surface area (Å²) < 4.78 is 5.54. The summed E-state index contributed by atoms with van der Waals surface area (Å²) in [4.78, 5) is 14.2. The highest BCUT2D eigenvalue weighted by Gasteiger charge is 2.08. The van der Waals surface area contributed by atoms with Crippen LogP contribution in [0.5, 0.6) is 11.5 Å². The maximum absolute atomic E-state index is 9.77. The van der Waals surface area contributed by atoms with Gasteiger partial charge in [-0.05, 0) is 34.1 Å². The molecule has 3 rings (SSSR count). The van der Waals surface area contributed by atoms with Gasteiger partial charge in [0.1, 0.15) is 11.6 Å². The molecule has 0 aliphatic rings. The van der Waals surface area contributed by atoms with Crippen molar-refractivity contribution in [2.24, 2.45) is 10.2 Å². The quantitative estimate of drug-likeness (QED) is 0.568. The standard InChI is InChI=1S/C15H13BrN6O2/c1-24-11-7-9(6-10(16)15(11)23)21-22-14-8-19-13(20-14)3-2-12-17-4-5-18-12/h2-8,23H,1H3,(H,17,18)(H,19,20). The summed E-state index contributed by atoms with van der Waals surface area (Å²) in [7, 11) is 1.47. The first-order valence-electron chi connectivity index (χ1n) is 6.86. The first-order valence-corrected chi connectivity index (χ1v) is 7.65. The van der Waals surface area contributed by atoms with Crippen LogP contribution in [-0.4, -0.2) is 32.2 Å². The number of methoxy groups -OCH3 is 1. The maximum Gasteiger partial charge on any atom is 0.172 e. The summed E-state index contributed by atoms with van der Waals surface area (Å²) in [6.45, 7) is 0. The number of aromatic nitrogens is 4. The highest BCUT2D eigenvalue weighted by atomic mass is 79.9. The molecule has 0 unspecified atom stereocenters. The molecule has 0 amide bonds. The van der Waals surface area contributed by atoms with E-state index < -0.39 is 0 Å². The van der Waals surface area contributed by atoms with Crippen LogP contribution in [0.2, 0.25) is 0 Å². The van der Waals surface area contributed by atoms with Crippen LogP contribution in [0.1, 0.15) is 11.6 Å². The van der Waals surface area contributed by atoms with Crippen LogP contribution in [0, 0.1) is 0 Å². The molecule has 0 fully saturated rings. The van der Waals surface area contributed by atoms with Gasteiger partial charge in [0.25, 0.3) is 0 Å². The minimum atomic E-state index is 0.0170. The van der Waals surface area contributed by atoms with Gasteiger partial charge in [-0.1, -0.05) is 0 Å². The number of aromatic hydroxyl groups is 1. The number of hydrogen-bond acceptors (Lipinski definition) is 6. The molecule has 0 spiro atoms. The van der Waals surface area contributed by atoms with E-state index in [0.717, 1.165) is 5.82 Å². The molecule has 0 saturated heterocycles. The molecule has 3 N–H and O–H groups in total. The van der Waals surface area contributed by atoms with Gasteiger partial charge in [0.15, 0.2) is 17.3 Å². The lowest BCUT2D eigenvalue weighted by molar-refractivity contribution is 0.372. The molecule has 0 atom stereocenters. The Morgan fingerprint density at radius 1 is 1.21 bits per heavy atom. The van der Waals surface area contributed by atoms with Gasteiger partial charge in [-0.15, -0.1) is 10.2 Å². The van der Waals surface area contributed by atoms with Crippen LogP contribution in [-0.2, 0) is 0 Å². The largest absolute Gasteiger partial charge is 0.503 e. The molecule has 122 valence electrons. The third-order valence-electron chi connectivity index (χ3n) is 3.01. The Kier molecular flexibility index (Phi) is 4.71. The minimum absolute atomic E-state index is 0.0170. The molecule has 0 saturated carbocycles. The number of H-pyrrole nitrogens is 2. The van der Waals surface area contributed by atoms with Crippen LogP contribution in [0.15, 0.2) is 45.4 Å². The van der Waals surface area contributed by atoms with Crippen molar-refractivity contribution in [1.29, 1.82) is 0 Å². The zero-order valence-electron chi connectivity index (χ0n) is 12.6. The predicted octanol–water partition coefficient (Wildman–Crippen LogP) is 4.20. The molecule has 9 heteroatoms. The average molecular weight is 389 g/mol. The van der Waals surface area contributed by atoms with Crippen molar-refractivity contribution >= 4 is 39.6 Å². The van der Waals surface area contributed by atoms with Crippen molar-refractivity contribution in [2.45, 2.75) is 0 Å². The number of imidazole rings is 2. The Morgan fingerprint density at radius 2 is 2.04 bits per heavy atom. The lowest BCUT2D eigenvalue weighted by Gasteiger charge is -2.05. The van der Waals surface area contributed by atoms with Crippen molar-refractivity contribution in [3.8, 4) is 11.5 Å². The SMILES string of the molecule is COc1cc(N=Nc2cnc(C=Cc3ncc[nH]3)[nH]2)cc(Br)c1O. The number of ether oxygens (including phenoxy) is 1. The van der Waals surface area contributed by atoms with Crippen molar-refractivity contribution in [3.63, 3.8) is 0 Å². The smallest absolute Gasteiger partial charge is 0.172 e. The van der Waals surface area contributed by atoms with Crippen molar-refractivity contribution in [3.05, 3.63) is 46.8 Å². The van der Waals surface area contributed by atoms with Gasteiger partial charge < -0.3 is 19.8 Å². The summed E-state index contributed by atoms with van der Waals surface area (Å²) in [5, 5.41) is 18.0. The summed E-state index contributed by atoms with van der Waals surface area (Å²) in [5.41, 5.74) is 0.527. The Labute approximate surface area is 145 Å². The molecule has 1 aromatic carbocycles. The average Bonchev–Trinajstić information content (AvgIpc) is 3.25. The lowest BCUT2D eigenvalue weighted by atomic mass is 10.3. The van der Waals surface area contributed by atoms with Crippen molar-refractivity contribution in [2.75, 3.05) is 7.11 Å². The normalized spacial score (nSPS) is 11.6. The number of benzene rings is 1. The zero-order chi connectivity index (χ0) is 16.9. The number of hydrogen-bond donors (Lipinski definition) is 3. The molecule has 0 bridgehead atoms. The third kappa shape index (κ3) is 3.69. The van der Waals surface area contributed by atoms with E-state index in [1.807, 2.05) is 0 Å². The summed E-state index contributed by atoms with van der Waals surface area (Å²) in [6.07, 6.45) is 8.55. The molecule has 2 aromatic heterocycles. The molecule has 24 heavy (non-hydrogen) atoms. The molecule has 0 aliphatic carbocycles. The minimum Gasteiger partial charge on any atom is -0.503 e. The summed E-state index contributed by atoms with van der Waals surface area (Å²) in [5.74, 6) is 2.19. The van der Waals surface area contributed by atoms with Gasteiger partial charge in [0.2, 0.25) is 0 Å². The van der Waals surface area contributed by atoms with E-state index in [-0.39, 0.29) is 5.75 Å². The first kappa shape index (κ1) is 15.9. The van der Waals surface area contributed by atoms with E-state index in [9.17, 15) is 5.11 Å². The maximum atomic E-state index is 9.77. The topological polar surface area (TPSA) is 112 Å². The van der Waals surface area contributed by atoms with Crippen LogP contribution in [0.25, 0.3) is 12.2 Å². The van der Waals surface area contributed by atoms with Gasteiger partial charge in [-0.25, -0.2) is 9.97 Å². The number of azo groups is 1. The second-order valence-corrected chi connectivity index (χ2v) is 5.49. The number of rotatable bonds is 5. The first-order chi connectivity index (χ1) is 11.7. The van der Waals surface area contributed by atoms with E-state index in [4.69, 9.17) is 4.74 Å². The summed E-state index contributed by atoms with van der Waals surface area (Å²) in [6, 6.07) is 3.22. The molecular weight excluding hydrogens is 376 g/mol. The van der Waals surface area contributed by atoms with Gasteiger partial charge in [0.05, 0.1) is 23.5 Å². The van der Waals surface area contributed by atoms with Crippen LogP contribution < -0.4 is 4.74 Å². The number of aromatic amines is 2. The second-order valence-electron chi connectivity index (χ2n) is 4.64. The van der Waals surface area contributed by atoms with E-state index in [1.165, 1.54) is 7.11 Å². The van der Waals surface area contributed by atoms with E-state index in [1.54, 1.807) is 42.9 Å². The van der Waals surface area contributed by atoms with Gasteiger partial charge >= 0.3 is 0 Å². The molecular formula is C15H13BrN6O2. The van der Waals surface area contributed by atoms with E-state index >= 15 is 0 Å². The van der Waals surface area contributed by atoms with Crippen LogP contribution in [0.3, 0.4) is 0 Å². The third-order valence-corrected chi connectivity index (χ3v) is 3.61. The fourth-order valence-corrected chi connectivity index (χ4v) is 2.30. The zero-order valence-corrected chi connectivity index (χ0v) is 14.1. The summed E-state index contributed by atoms with van der Waals surface area (Å²) >= 11 is 3.24. The number of halogens is 1. The van der Waals surface area contributed by atoms with Crippen molar-refractivity contribution in [1.82, 2.24) is 19.9 Å².